The van der Waals surface area contributed by atoms with Crippen LogP contribution in [0.4, 0.5) is 0 Å². The number of rotatable bonds is 44. The van der Waals surface area contributed by atoms with Gasteiger partial charge in [-0.25, -0.2) is 0 Å². The lowest BCUT2D eigenvalue weighted by Crippen LogP contribution is -2.57. The maximum atomic E-state index is 13.0. The van der Waals surface area contributed by atoms with E-state index >= 15 is 0 Å². The quantitative estimate of drug-likeness (QED) is 0.0511. The van der Waals surface area contributed by atoms with Gasteiger partial charge in [-0.1, -0.05) is 19.6 Å². The topological polar surface area (TPSA) is 676 Å². The summed E-state index contributed by atoms with van der Waals surface area (Å²) >= 11 is 0. The van der Waals surface area contributed by atoms with E-state index < -0.39 is 328 Å². The maximum absolute atomic E-state index is 13.0. The molecule has 0 aromatic carbocycles. The molecule has 0 fully saturated rings. The van der Waals surface area contributed by atoms with Gasteiger partial charge in [0.15, 0.2) is 8.32 Å². The molecule has 0 aliphatic carbocycles. The van der Waals surface area contributed by atoms with Crippen molar-refractivity contribution in [3.05, 3.63) is 0 Å². The third-order valence-corrected chi connectivity index (χ3v) is 320. The van der Waals surface area contributed by atoms with Crippen molar-refractivity contribution in [2.24, 2.45) is 0 Å². The van der Waals surface area contributed by atoms with Crippen LogP contribution in [0.2, 0.25) is 58.9 Å². The molecular formula is C9H28O41Si42. The van der Waals surface area contributed by atoms with E-state index in [1.807, 2.05) is 0 Å². The van der Waals surface area contributed by atoms with Crippen LogP contribution in [0.5, 0.6) is 0 Å². The van der Waals surface area contributed by atoms with Crippen molar-refractivity contribution in [2.45, 2.75) is 58.9 Å². The second-order valence-corrected chi connectivity index (χ2v) is 222. The second-order valence-electron chi connectivity index (χ2n) is 19.2. The van der Waals surface area contributed by atoms with Gasteiger partial charge in [-0.05, 0) is 39.3 Å². The van der Waals surface area contributed by atoms with E-state index in [2.05, 4.69) is 0 Å². The molecule has 478 valence electrons. The normalized spacial score (nSPS) is 11.0. The SMILES string of the molecule is C[SiH](O[Si](=O)[Si](=O)[Si](=O)[Si](=O)[Si](=O)[Si](=O)[Si](=O)[Si](=O)[Si](=O)[Si](=O)[Si](=O)[Si](=O)[Si](=O)[Si](=O)[Si](=O)[Si](=O)[Si](=O)[Si](=O)[Si](=O)[Si](C)(C)C)[Si](=O)[Si](=O)[Si](=O)[Si](=O)[Si](=O)[Si](=O)[Si](=O)[Si](=O)[Si](=O)[Si](=O)[Si](=O)[Si](=O)[Si](=O)[Si](=O)[Si](=O)[Si](=O)[Si](=O)[Si](=O)[Si](=O)O[Si](C)(C)O[Si](C)(C)C. The molecule has 0 aromatic heterocycles. The van der Waals surface area contributed by atoms with Gasteiger partial charge in [0.2, 0.25) is 0 Å². The van der Waals surface area contributed by atoms with E-state index in [1.165, 1.54) is 32.7 Å². The molecule has 0 spiro atoms. The van der Waals surface area contributed by atoms with Gasteiger partial charge in [-0.15, -0.1) is 0 Å². The Bertz CT molecular complexity index is 3970. The molecule has 0 aromatic rings. The van der Waals surface area contributed by atoms with Crippen LogP contribution >= 0.6 is 0 Å². The van der Waals surface area contributed by atoms with Gasteiger partial charge in [0, 0.05) is 0 Å². The average Bonchev–Trinajstić information content (AvgIpc) is 0.859. The number of hydrogen-bond donors (Lipinski definition) is 0. The first-order valence-electron chi connectivity index (χ1n) is 23.1. The van der Waals surface area contributed by atoms with Crippen molar-refractivity contribution in [3.8, 4) is 0 Å². The highest BCUT2D eigenvalue weighted by Crippen LogP contribution is 2.15. The highest BCUT2D eigenvalue weighted by atomic mass is 30.1. The van der Waals surface area contributed by atoms with Gasteiger partial charge in [0.25, 0.3) is 8.56 Å². The van der Waals surface area contributed by atoms with Crippen molar-refractivity contribution < 1.29 is 182 Å². The zero-order chi connectivity index (χ0) is 73.1. The summed E-state index contributed by atoms with van der Waals surface area (Å²) in [6, 6.07) is 0. The molecule has 0 aliphatic heterocycles. The molecule has 0 radical (unpaired) electrons. The summed E-state index contributed by atoms with van der Waals surface area (Å²) in [5.74, 6) is 0. The van der Waals surface area contributed by atoms with Gasteiger partial charge in [-0.2, -0.15) is 0 Å². The van der Waals surface area contributed by atoms with Gasteiger partial charge >= 0.3 is 303 Å². The van der Waals surface area contributed by atoms with Crippen molar-refractivity contribution in [2.75, 3.05) is 0 Å². The lowest BCUT2D eigenvalue weighted by Gasteiger charge is -2.30. The van der Waals surface area contributed by atoms with Crippen LogP contribution in [0.15, 0.2) is 0 Å². The Labute approximate surface area is 562 Å². The van der Waals surface area contributed by atoms with E-state index in [-0.39, 0.29) is 0 Å². The first-order valence-corrected chi connectivity index (χ1v) is 127. The molecule has 41 nitrogen and oxygen atoms in total. The Balaban J connectivity index is 5.89. The standard InChI is InChI=1S/C9H28O41Si42/c1-51(48-52(10)55(13)58(16)61(19)64(22)67(25)70(28)73(31)76(34)80(38)81(39)82(40)83(41)84(42)85(43)86(44)87(45)88(46)89(47)91(5,6)7)54(12)57(15)60(18)63(21)66(24)69(27)72(30)75(33)78(36)79(37)77(35)74(32)71(29)68(26)65(23)62(20)59(17)56(14)53(11)49-92(8,9)50-90(2,3)4/h51H,1-9H3. The summed E-state index contributed by atoms with van der Waals surface area (Å²) in [7, 11) is -182. The Hall–Kier alpha value is 1.07. The molecule has 0 saturated carbocycles. The van der Waals surface area contributed by atoms with Crippen LogP contribution in [0, 0.1) is 0 Å². The van der Waals surface area contributed by atoms with E-state index in [9.17, 15) is 170 Å². The summed E-state index contributed by atoms with van der Waals surface area (Å²) in [6.45, 7) is 12.8. The van der Waals surface area contributed by atoms with Crippen molar-refractivity contribution in [3.63, 3.8) is 0 Å². The minimum atomic E-state index is -4.72. The fourth-order valence-electron chi connectivity index (χ4n) is 5.31. The summed E-state index contributed by atoms with van der Waals surface area (Å²) < 4.78 is 501. The fourth-order valence-corrected chi connectivity index (χ4v) is 460. The van der Waals surface area contributed by atoms with E-state index in [0.29, 0.717) is 6.55 Å². The van der Waals surface area contributed by atoms with Crippen LogP contribution in [-0.4, -0.2) is 328 Å². The maximum Gasteiger partial charge on any atom is 0.533 e. The summed E-state index contributed by atoms with van der Waals surface area (Å²) in [5, 5.41) is 0. The summed E-state index contributed by atoms with van der Waals surface area (Å²) in [4.78, 5) is 0. The third kappa shape index (κ3) is 25.5. The largest absolute Gasteiger partial charge is 0.577 e. The van der Waals surface area contributed by atoms with E-state index in [4.69, 9.17) is 12.3 Å². The first-order chi connectivity index (χ1) is 41.4. The highest BCUT2D eigenvalue weighted by molar-refractivity contribution is 7.85. The molecule has 0 heterocycles. The van der Waals surface area contributed by atoms with Crippen LogP contribution in [-0.2, 0) is 182 Å². The summed E-state index contributed by atoms with van der Waals surface area (Å²) in [5.41, 5.74) is 0. The molecule has 0 rings (SSSR count). The Morgan fingerprint density at radius 3 is 0.565 bits per heavy atom. The molecule has 0 amide bonds. The van der Waals surface area contributed by atoms with Gasteiger partial charge in [0.1, 0.15) is 7.59 Å². The molecule has 83 heteroatoms. The van der Waals surface area contributed by atoms with Crippen LogP contribution < -0.4 is 0 Å². The predicted molar refractivity (Wildman–Crippen MR) is 325 cm³/mol. The van der Waals surface area contributed by atoms with Crippen LogP contribution in [0.3, 0.4) is 0 Å². The van der Waals surface area contributed by atoms with E-state index in [1.54, 1.807) is 19.6 Å². The van der Waals surface area contributed by atoms with Crippen molar-refractivity contribution in [1.29, 1.82) is 0 Å². The van der Waals surface area contributed by atoms with Gasteiger partial charge < -0.3 is 182 Å². The lowest BCUT2D eigenvalue weighted by atomic mass is 11.8. The Kier molecular flexibility index (Phi) is 39.9. The minimum absolute atomic E-state index is 0.681. The molecule has 0 bridgehead atoms. The second kappa shape index (κ2) is 39.5. The predicted octanol–water partition coefficient (Wildman–Crippen LogP) is -15.7. The molecule has 0 aliphatic rings. The van der Waals surface area contributed by atoms with Gasteiger partial charge in [-0.3, -0.25) is 0 Å². The Morgan fingerprint density at radius 1 is 0.217 bits per heavy atom. The molecule has 0 N–H and O–H groups in total. The van der Waals surface area contributed by atoms with Crippen LogP contribution in [0.25, 0.3) is 0 Å². The zero-order valence-electron chi connectivity index (χ0n) is 46.8. The Morgan fingerprint density at radius 2 is 0.380 bits per heavy atom. The summed E-state index contributed by atoms with van der Waals surface area (Å²) in [6.07, 6.45) is 0. The third-order valence-electron chi connectivity index (χ3n) is 9.62. The van der Waals surface area contributed by atoms with E-state index in [0.717, 1.165) is 0 Å². The van der Waals surface area contributed by atoms with Crippen molar-refractivity contribution >= 4 is 328 Å². The minimum Gasteiger partial charge on any atom is -0.577 e. The molecule has 1 atom stereocenters. The molecular weight excluding hydrogens is 1940 g/mol. The van der Waals surface area contributed by atoms with Gasteiger partial charge in [0.05, 0.1) is 0 Å². The fraction of sp³-hybridized carbons (Fsp3) is 1.00. The average molecular weight is 1970 g/mol. The molecule has 0 saturated heterocycles. The number of hydrogen-bond acceptors (Lipinski definition) is 41. The smallest absolute Gasteiger partial charge is 0.533 e. The first kappa shape index (κ1) is 93.1. The molecule has 92 heavy (non-hydrogen) atoms. The molecule has 1 unspecified atom stereocenters. The van der Waals surface area contributed by atoms with Crippen molar-refractivity contribution in [1.82, 2.24) is 0 Å². The monoisotopic (exact) mass is 1970 g/mol. The lowest BCUT2D eigenvalue weighted by molar-refractivity contribution is 0.377. The van der Waals surface area contributed by atoms with Crippen LogP contribution in [0.1, 0.15) is 0 Å². The zero-order valence-corrected chi connectivity index (χ0v) is 89.0. The highest BCUT2D eigenvalue weighted by Gasteiger charge is 2.60.